The number of aromatic nitrogens is 2. The molecule has 168 valence electrons. The molecular formula is C25H24FN5O2. The number of nitrogens with zero attached hydrogens (tertiary/aromatic N) is 3. The number of hydrogen-bond acceptors (Lipinski definition) is 5. The van der Waals surface area contributed by atoms with Crippen molar-refractivity contribution in [1.82, 2.24) is 9.78 Å². The molecule has 2 N–H and O–H groups in total. The number of hydrogen-bond donors (Lipinski definition) is 2. The smallest absolute Gasteiger partial charge is 0.227 e. The molecule has 0 bridgehead atoms. The lowest BCUT2D eigenvalue weighted by atomic mass is 9.93. The first-order valence-corrected chi connectivity index (χ1v) is 10.5. The number of anilines is 2. The molecule has 1 amide bonds. The van der Waals surface area contributed by atoms with Crippen LogP contribution in [0.4, 0.5) is 15.8 Å². The Morgan fingerprint density at radius 2 is 1.91 bits per heavy atom. The van der Waals surface area contributed by atoms with E-state index >= 15 is 4.39 Å². The summed E-state index contributed by atoms with van der Waals surface area (Å²) in [6, 6.07) is 15.0. The molecule has 1 aliphatic heterocycles. The molecule has 1 fully saturated rings. The number of rotatable bonds is 6. The quantitative estimate of drug-likeness (QED) is 0.556. The van der Waals surface area contributed by atoms with E-state index in [0.717, 1.165) is 11.9 Å². The van der Waals surface area contributed by atoms with Crippen LogP contribution < -0.4 is 15.6 Å². The molecule has 2 aromatic carbocycles. The van der Waals surface area contributed by atoms with E-state index in [9.17, 15) is 9.59 Å². The van der Waals surface area contributed by atoms with Gasteiger partial charge in [-0.05, 0) is 41.8 Å². The zero-order valence-corrected chi connectivity index (χ0v) is 18.4. The van der Waals surface area contributed by atoms with E-state index in [0.29, 0.717) is 24.4 Å². The summed E-state index contributed by atoms with van der Waals surface area (Å²) >= 11 is 0. The van der Waals surface area contributed by atoms with Crippen LogP contribution in [0.2, 0.25) is 0 Å². The summed E-state index contributed by atoms with van der Waals surface area (Å²) in [6.07, 6.45) is 4.27. The van der Waals surface area contributed by atoms with Crippen LogP contribution in [0.3, 0.4) is 0 Å². The Morgan fingerprint density at radius 1 is 1.15 bits per heavy atom. The fraction of sp³-hybridized carbons (Fsp3) is 0.200. The lowest BCUT2D eigenvalue weighted by molar-refractivity contribution is -0.117. The van der Waals surface area contributed by atoms with Crippen LogP contribution in [0.15, 0.2) is 71.7 Å². The van der Waals surface area contributed by atoms with Crippen molar-refractivity contribution < 1.29 is 9.18 Å². The molecule has 3 aromatic rings. The van der Waals surface area contributed by atoms with Gasteiger partial charge in [0.25, 0.3) is 0 Å². The fourth-order valence-corrected chi connectivity index (χ4v) is 3.83. The average molecular weight is 445 g/mol. The first-order valence-electron chi connectivity index (χ1n) is 10.5. The summed E-state index contributed by atoms with van der Waals surface area (Å²) in [7, 11) is 0. The minimum Gasteiger partial charge on any atom is -0.354 e. The molecule has 4 rings (SSSR count). The zero-order chi connectivity index (χ0) is 23.6. The molecule has 7 nitrogen and oxygen atoms in total. The van der Waals surface area contributed by atoms with Gasteiger partial charge in [-0.15, -0.1) is 0 Å². The third-order valence-corrected chi connectivity index (χ3v) is 5.37. The van der Waals surface area contributed by atoms with E-state index in [4.69, 9.17) is 5.41 Å². The number of halogens is 1. The Hall–Kier alpha value is -4.07. The summed E-state index contributed by atoms with van der Waals surface area (Å²) in [4.78, 5) is 26.5. The molecule has 0 unspecified atom stereocenters. The molecule has 1 aliphatic rings. The molecule has 2 heterocycles. The average Bonchev–Trinajstić information content (AvgIpc) is 3.07. The van der Waals surface area contributed by atoms with Crippen molar-refractivity contribution >= 4 is 29.2 Å². The van der Waals surface area contributed by atoms with Crippen molar-refractivity contribution in [3.05, 3.63) is 88.6 Å². The van der Waals surface area contributed by atoms with Crippen molar-refractivity contribution in [2.45, 2.75) is 20.3 Å². The van der Waals surface area contributed by atoms with Gasteiger partial charge in [0.05, 0.1) is 5.70 Å². The van der Waals surface area contributed by atoms with E-state index in [1.165, 1.54) is 35.2 Å². The molecule has 8 heteroatoms. The largest absolute Gasteiger partial charge is 0.354 e. The minimum absolute atomic E-state index is 0.0377. The third kappa shape index (κ3) is 4.74. The highest BCUT2D eigenvalue weighted by molar-refractivity contribution is 5.96. The van der Waals surface area contributed by atoms with Gasteiger partial charge in [-0.1, -0.05) is 32.0 Å². The van der Waals surface area contributed by atoms with Crippen LogP contribution in [0, 0.1) is 16.6 Å². The topological polar surface area (TPSA) is 91.1 Å². The first kappa shape index (κ1) is 22.1. The molecule has 33 heavy (non-hydrogen) atoms. The second-order valence-corrected chi connectivity index (χ2v) is 8.67. The van der Waals surface area contributed by atoms with Crippen LogP contribution in [0.25, 0.3) is 11.4 Å². The fourth-order valence-electron chi connectivity index (χ4n) is 3.83. The van der Waals surface area contributed by atoms with Crippen LogP contribution in [-0.2, 0) is 4.79 Å². The Balaban J connectivity index is 1.69. The number of nitrogens with one attached hydrogen (secondary N) is 2. The summed E-state index contributed by atoms with van der Waals surface area (Å²) in [6.45, 7) is 4.53. The van der Waals surface area contributed by atoms with Crippen LogP contribution >= 0.6 is 0 Å². The molecule has 0 radical (unpaired) electrons. The number of allylic oxidation sites excluding steroid dienone is 1. The molecule has 0 aliphatic carbocycles. The Labute approximate surface area is 190 Å². The van der Waals surface area contributed by atoms with Gasteiger partial charge in [0.1, 0.15) is 5.69 Å². The Kier molecular flexibility index (Phi) is 5.91. The van der Waals surface area contributed by atoms with Gasteiger partial charge < -0.3 is 15.6 Å². The first-order chi connectivity index (χ1) is 15.8. The number of carbonyl (C=O) groups excluding carboxylic acids is 1. The van der Waals surface area contributed by atoms with E-state index < -0.39 is 5.82 Å². The van der Waals surface area contributed by atoms with E-state index in [1.807, 2.05) is 44.2 Å². The SMILES string of the molecule is CC1(C)CC(=O)N(c2ccc(-n3ccc(=O)c(/C(=C/C=N)Nc4ccccc4)n3)c(F)c2)C1. The van der Waals surface area contributed by atoms with E-state index in [-0.39, 0.29) is 28.1 Å². The van der Waals surface area contributed by atoms with E-state index in [2.05, 4.69) is 10.4 Å². The lowest BCUT2D eigenvalue weighted by Gasteiger charge is -2.20. The maximum absolute atomic E-state index is 15.1. The summed E-state index contributed by atoms with van der Waals surface area (Å²) < 4.78 is 16.4. The van der Waals surface area contributed by atoms with Crippen LogP contribution in [0.5, 0.6) is 0 Å². The molecule has 0 spiro atoms. The number of para-hydroxylation sites is 1. The summed E-state index contributed by atoms with van der Waals surface area (Å²) in [5.41, 5.74) is 1.18. The number of amides is 1. The molecule has 1 saturated heterocycles. The highest BCUT2D eigenvalue weighted by Crippen LogP contribution is 2.34. The van der Waals surface area contributed by atoms with Crippen molar-refractivity contribution in [2.75, 3.05) is 16.8 Å². The monoisotopic (exact) mass is 445 g/mol. The second kappa shape index (κ2) is 8.82. The van der Waals surface area contributed by atoms with Crippen molar-refractivity contribution in [3.8, 4) is 5.69 Å². The van der Waals surface area contributed by atoms with Gasteiger partial charge in [0.2, 0.25) is 11.3 Å². The maximum atomic E-state index is 15.1. The minimum atomic E-state index is -0.569. The van der Waals surface area contributed by atoms with Gasteiger partial charge in [-0.2, -0.15) is 5.10 Å². The predicted octanol–water partition coefficient (Wildman–Crippen LogP) is 4.24. The molecule has 0 saturated carbocycles. The van der Waals surface area contributed by atoms with Crippen molar-refractivity contribution in [1.29, 1.82) is 5.41 Å². The Morgan fingerprint density at radius 3 is 2.55 bits per heavy atom. The van der Waals surface area contributed by atoms with Gasteiger partial charge >= 0.3 is 0 Å². The van der Waals surface area contributed by atoms with Crippen molar-refractivity contribution in [2.24, 2.45) is 5.41 Å². The highest BCUT2D eigenvalue weighted by atomic mass is 19.1. The van der Waals surface area contributed by atoms with Gasteiger partial charge in [-0.3, -0.25) is 9.59 Å². The van der Waals surface area contributed by atoms with Gasteiger partial charge in [0.15, 0.2) is 11.5 Å². The normalized spacial score (nSPS) is 15.5. The van der Waals surface area contributed by atoms with Crippen LogP contribution in [-0.4, -0.2) is 28.4 Å². The highest BCUT2D eigenvalue weighted by Gasteiger charge is 2.36. The van der Waals surface area contributed by atoms with Gasteiger partial charge in [-0.25, -0.2) is 9.07 Å². The van der Waals surface area contributed by atoms with E-state index in [1.54, 1.807) is 11.0 Å². The maximum Gasteiger partial charge on any atom is 0.227 e. The lowest BCUT2D eigenvalue weighted by Crippen LogP contribution is -2.26. The molecule has 0 atom stereocenters. The molecular weight excluding hydrogens is 421 g/mol. The zero-order valence-electron chi connectivity index (χ0n) is 18.4. The van der Waals surface area contributed by atoms with Crippen LogP contribution in [0.1, 0.15) is 26.0 Å². The molecule has 1 aromatic heterocycles. The van der Waals surface area contributed by atoms with Gasteiger partial charge in [0, 0.05) is 42.8 Å². The summed E-state index contributed by atoms with van der Waals surface area (Å²) in [5.74, 6) is -0.606. The Bertz CT molecular complexity index is 1300. The standard InChI is InChI=1S/C25H24FN5O2/c1-25(2)15-23(33)30(16-25)18-8-9-21(19(26)14-18)31-13-11-22(32)24(29-31)20(10-12-27)28-17-6-4-3-5-7-17/h3-14,27-28H,15-16H2,1-2H3/b20-10-,27-12?. The summed E-state index contributed by atoms with van der Waals surface area (Å²) in [5, 5.41) is 14.9. The number of benzene rings is 2. The van der Waals surface area contributed by atoms with Crippen molar-refractivity contribution in [3.63, 3.8) is 0 Å². The third-order valence-electron chi connectivity index (χ3n) is 5.37. The second-order valence-electron chi connectivity index (χ2n) is 8.67. The predicted molar refractivity (Wildman–Crippen MR) is 127 cm³/mol. The number of carbonyl (C=O) groups is 1.